The fourth-order valence-corrected chi connectivity index (χ4v) is 4.20. The number of rotatable bonds is 3. The van der Waals surface area contributed by atoms with E-state index in [1.54, 1.807) is 15.9 Å². The summed E-state index contributed by atoms with van der Waals surface area (Å²) in [5.41, 5.74) is -1.11. The van der Waals surface area contributed by atoms with E-state index >= 15 is 0 Å². The molecule has 0 spiro atoms. The van der Waals surface area contributed by atoms with Crippen LogP contribution in [-0.4, -0.2) is 48.2 Å². The number of anilines is 1. The standard InChI is InChI=1S/C20H24F3N3O2/c21-20(22,23)18-10-16(7-6-15(18)11-24)26-9-8-25(12-17(26)13-27)19(28)14-4-2-1-3-5-14/h6-7,10,14,17,27H,1-5,8-9,12-13H2. The highest BCUT2D eigenvalue weighted by atomic mass is 19.4. The molecule has 1 N–H and O–H groups in total. The number of piperazine rings is 1. The second-order valence-electron chi connectivity index (χ2n) is 7.49. The van der Waals surface area contributed by atoms with Gasteiger partial charge in [-0.1, -0.05) is 19.3 Å². The third-order valence-electron chi connectivity index (χ3n) is 5.72. The Morgan fingerprint density at radius 1 is 1.21 bits per heavy atom. The van der Waals surface area contributed by atoms with Crippen molar-refractivity contribution in [2.45, 2.75) is 44.3 Å². The molecular weight excluding hydrogens is 371 g/mol. The summed E-state index contributed by atoms with van der Waals surface area (Å²) in [5, 5.41) is 18.8. The van der Waals surface area contributed by atoms with Crippen molar-refractivity contribution in [3.8, 4) is 6.07 Å². The molecule has 28 heavy (non-hydrogen) atoms. The van der Waals surface area contributed by atoms with Gasteiger partial charge in [-0.25, -0.2) is 0 Å². The Balaban J connectivity index is 1.77. The molecule has 152 valence electrons. The van der Waals surface area contributed by atoms with Crippen LogP contribution in [0.3, 0.4) is 0 Å². The van der Waals surface area contributed by atoms with Gasteiger partial charge in [0.25, 0.3) is 0 Å². The van der Waals surface area contributed by atoms with E-state index in [9.17, 15) is 23.1 Å². The lowest BCUT2D eigenvalue weighted by atomic mass is 9.88. The van der Waals surface area contributed by atoms with Gasteiger partial charge in [0.15, 0.2) is 0 Å². The Morgan fingerprint density at radius 2 is 1.93 bits per heavy atom. The first-order chi connectivity index (χ1) is 13.3. The normalized spacial score (nSPS) is 21.5. The maximum atomic E-state index is 13.3. The number of benzene rings is 1. The topological polar surface area (TPSA) is 67.6 Å². The van der Waals surface area contributed by atoms with Crippen LogP contribution in [-0.2, 0) is 11.0 Å². The number of hydrogen-bond donors (Lipinski definition) is 1. The van der Waals surface area contributed by atoms with Crippen LogP contribution in [0, 0.1) is 17.2 Å². The minimum absolute atomic E-state index is 0.0198. The number of carbonyl (C=O) groups excluding carboxylic acids is 1. The van der Waals surface area contributed by atoms with Crippen LogP contribution in [0.25, 0.3) is 0 Å². The number of alkyl halides is 3. The number of halogens is 3. The molecule has 2 fully saturated rings. The summed E-state index contributed by atoms with van der Waals surface area (Å²) in [4.78, 5) is 16.2. The van der Waals surface area contributed by atoms with Crippen molar-refractivity contribution in [1.82, 2.24) is 4.90 Å². The molecule has 0 aromatic heterocycles. The fraction of sp³-hybridized carbons (Fsp3) is 0.600. The molecule has 1 aromatic carbocycles. The Labute approximate surface area is 162 Å². The molecular formula is C20H24F3N3O2. The molecule has 1 unspecified atom stereocenters. The van der Waals surface area contributed by atoms with Gasteiger partial charge in [-0.05, 0) is 31.0 Å². The maximum Gasteiger partial charge on any atom is 0.417 e. The van der Waals surface area contributed by atoms with Gasteiger partial charge >= 0.3 is 6.18 Å². The number of aliphatic hydroxyl groups excluding tert-OH is 1. The third-order valence-corrected chi connectivity index (χ3v) is 5.72. The Hall–Kier alpha value is -2.27. The molecule has 1 saturated heterocycles. The lowest BCUT2D eigenvalue weighted by Crippen LogP contribution is -2.57. The molecule has 1 atom stereocenters. The van der Waals surface area contributed by atoms with E-state index in [-0.39, 0.29) is 25.0 Å². The molecule has 0 radical (unpaired) electrons. The van der Waals surface area contributed by atoms with E-state index in [2.05, 4.69) is 0 Å². The molecule has 1 amide bonds. The van der Waals surface area contributed by atoms with E-state index in [1.807, 2.05) is 0 Å². The van der Waals surface area contributed by atoms with Crippen molar-refractivity contribution in [1.29, 1.82) is 5.26 Å². The van der Waals surface area contributed by atoms with E-state index in [1.165, 1.54) is 6.07 Å². The molecule has 1 aromatic rings. The van der Waals surface area contributed by atoms with Crippen molar-refractivity contribution in [2.24, 2.45) is 5.92 Å². The first-order valence-electron chi connectivity index (χ1n) is 9.62. The second-order valence-corrected chi connectivity index (χ2v) is 7.49. The summed E-state index contributed by atoms with van der Waals surface area (Å²) in [6.07, 6.45) is 0.378. The number of amides is 1. The summed E-state index contributed by atoms with van der Waals surface area (Å²) in [6, 6.07) is 4.68. The molecule has 1 saturated carbocycles. The Bertz CT molecular complexity index is 754. The average Bonchev–Trinajstić information content (AvgIpc) is 2.72. The highest BCUT2D eigenvalue weighted by molar-refractivity contribution is 5.79. The van der Waals surface area contributed by atoms with E-state index in [0.717, 1.165) is 44.2 Å². The lowest BCUT2D eigenvalue weighted by Gasteiger charge is -2.43. The Morgan fingerprint density at radius 3 is 2.54 bits per heavy atom. The molecule has 2 aliphatic rings. The smallest absolute Gasteiger partial charge is 0.394 e. The van der Waals surface area contributed by atoms with Crippen molar-refractivity contribution in [2.75, 3.05) is 31.1 Å². The highest BCUT2D eigenvalue weighted by Gasteiger charge is 2.36. The summed E-state index contributed by atoms with van der Waals surface area (Å²) < 4.78 is 39.8. The molecule has 8 heteroatoms. The summed E-state index contributed by atoms with van der Waals surface area (Å²) in [6.45, 7) is 0.767. The van der Waals surface area contributed by atoms with Crippen molar-refractivity contribution in [3.05, 3.63) is 29.3 Å². The van der Waals surface area contributed by atoms with Crippen LogP contribution >= 0.6 is 0 Å². The van der Waals surface area contributed by atoms with Gasteiger partial charge in [-0.3, -0.25) is 4.79 Å². The van der Waals surface area contributed by atoms with Gasteiger partial charge in [0.2, 0.25) is 5.91 Å². The van der Waals surface area contributed by atoms with Crippen LogP contribution in [0.4, 0.5) is 18.9 Å². The summed E-state index contributed by atoms with van der Waals surface area (Å²) >= 11 is 0. The minimum atomic E-state index is -4.63. The van der Waals surface area contributed by atoms with Crippen molar-refractivity contribution >= 4 is 11.6 Å². The zero-order valence-corrected chi connectivity index (χ0v) is 15.6. The molecule has 1 heterocycles. The van der Waals surface area contributed by atoms with Gasteiger partial charge < -0.3 is 14.9 Å². The SMILES string of the molecule is N#Cc1ccc(N2CCN(C(=O)C3CCCCC3)CC2CO)cc1C(F)(F)F. The van der Waals surface area contributed by atoms with Gasteiger partial charge in [-0.15, -0.1) is 0 Å². The van der Waals surface area contributed by atoms with E-state index in [4.69, 9.17) is 5.26 Å². The zero-order valence-electron chi connectivity index (χ0n) is 15.6. The number of hydrogen-bond acceptors (Lipinski definition) is 4. The van der Waals surface area contributed by atoms with Crippen LogP contribution < -0.4 is 4.90 Å². The number of nitriles is 1. The van der Waals surface area contributed by atoms with Gasteiger partial charge in [0.05, 0.1) is 29.8 Å². The first kappa shape index (κ1) is 20.5. The van der Waals surface area contributed by atoms with Crippen molar-refractivity contribution in [3.63, 3.8) is 0 Å². The fourth-order valence-electron chi connectivity index (χ4n) is 4.20. The lowest BCUT2D eigenvalue weighted by molar-refractivity contribution is -0.138. The van der Waals surface area contributed by atoms with Crippen LogP contribution in [0.2, 0.25) is 0 Å². The third kappa shape index (κ3) is 4.25. The molecule has 5 nitrogen and oxygen atoms in total. The number of nitrogens with zero attached hydrogens (tertiary/aromatic N) is 3. The van der Waals surface area contributed by atoms with Gasteiger partial charge in [-0.2, -0.15) is 18.4 Å². The maximum absolute atomic E-state index is 13.3. The monoisotopic (exact) mass is 395 g/mol. The minimum Gasteiger partial charge on any atom is -0.394 e. The summed E-state index contributed by atoms with van der Waals surface area (Å²) in [7, 11) is 0. The molecule has 1 aliphatic carbocycles. The zero-order chi connectivity index (χ0) is 20.3. The predicted octanol–water partition coefficient (Wildman–Crippen LogP) is 3.17. The van der Waals surface area contributed by atoms with Gasteiger partial charge in [0, 0.05) is 31.2 Å². The summed E-state index contributed by atoms with van der Waals surface area (Å²) in [5.74, 6) is 0.111. The van der Waals surface area contributed by atoms with Crippen LogP contribution in [0.1, 0.15) is 43.2 Å². The predicted molar refractivity (Wildman–Crippen MR) is 97.5 cm³/mol. The largest absolute Gasteiger partial charge is 0.417 e. The van der Waals surface area contributed by atoms with E-state index in [0.29, 0.717) is 18.8 Å². The quantitative estimate of drug-likeness (QED) is 0.854. The molecule has 3 rings (SSSR count). The molecule has 1 aliphatic heterocycles. The van der Waals surface area contributed by atoms with Crippen LogP contribution in [0.5, 0.6) is 0 Å². The van der Waals surface area contributed by atoms with Crippen molar-refractivity contribution < 1.29 is 23.1 Å². The molecule has 0 bridgehead atoms. The van der Waals surface area contributed by atoms with Gasteiger partial charge in [0.1, 0.15) is 0 Å². The second kappa shape index (κ2) is 8.39. The highest BCUT2D eigenvalue weighted by Crippen LogP contribution is 2.35. The van der Waals surface area contributed by atoms with E-state index < -0.39 is 23.3 Å². The average molecular weight is 395 g/mol. The Kier molecular flexibility index (Phi) is 6.14. The number of aliphatic hydroxyl groups is 1. The van der Waals surface area contributed by atoms with Crippen LogP contribution in [0.15, 0.2) is 18.2 Å². The first-order valence-corrected chi connectivity index (χ1v) is 9.62. The number of carbonyl (C=O) groups is 1.